The third kappa shape index (κ3) is 4.99. The number of benzene rings is 2. The number of hydrogen-bond acceptors (Lipinski definition) is 6. The smallest absolute Gasteiger partial charge is 0.254 e. The minimum atomic E-state index is -0.0846. The molecule has 1 aromatic heterocycles. The molecule has 0 aliphatic carbocycles. The number of carbonyl (C=O) groups excluding carboxylic acids is 1. The molecule has 0 aliphatic rings. The van der Waals surface area contributed by atoms with Gasteiger partial charge in [0.05, 0.1) is 32.9 Å². The lowest BCUT2D eigenvalue weighted by atomic mass is 10.1. The summed E-state index contributed by atoms with van der Waals surface area (Å²) in [5.74, 6) is 1.77. The fourth-order valence-electron chi connectivity index (χ4n) is 3.04. The van der Waals surface area contributed by atoms with Crippen LogP contribution in [0.25, 0.3) is 11.3 Å². The van der Waals surface area contributed by atoms with Gasteiger partial charge in [0.1, 0.15) is 17.2 Å². The monoisotopic (exact) mass is 410 g/mol. The summed E-state index contributed by atoms with van der Waals surface area (Å²) in [6.45, 7) is 3.16. The quantitative estimate of drug-likeness (QED) is 0.532. The standard InChI is InChI=1S/C23H26N2O5/c1-16-5-7-17(8-6-16)23(26)25(11-12-27-2)15-18-13-22(30-24-18)20-10-9-19(28-3)14-21(20)29-4/h5-10,13-14H,11-12,15H2,1-4H3. The number of amides is 1. The molecule has 0 spiro atoms. The van der Waals surface area contributed by atoms with Crippen molar-refractivity contribution in [2.75, 3.05) is 34.5 Å². The maximum atomic E-state index is 13.0. The Hall–Kier alpha value is -3.32. The Kier molecular flexibility index (Phi) is 7.08. The number of carbonyl (C=O) groups is 1. The summed E-state index contributed by atoms with van der Waals surface area (Å²) in [6.07, 6.45) is 0. The summed E-state index contributed by atoms with van der Waals surface area (Å²) in [6, 6.07) is 14.8. The highest BCUT2D eigenvalue weighted by molar-refractivity contribution is 5.94. The minimum absolute atomic E-state index is 0.0846. The Morgan fingerprint density at radius 3 is 2.47 bits per heavy atom. The van der Waals surface area contributed by atoms with Gasteiger partial charge in [-0.25, -0.2) is 0 Å². The highest BCUT2D eigenvalue weighted by Crippen LogP contribution is 2.33. The van der Waals surface area contributed by atoms with Crippen molar-refractivity contribution in [2.24, 2.45) is 0 Å². The molecular formula is C23H26N2O5. The van der Waals surface area contributed by atoms with Crippen LogP contribution in [0.4, 0.5) is 0 Å². The van der Waals surface area contributed by atoms with Crippen molar-refractivity contribution in [3.8, 4) is 22.8 Å². The van der Waals surface area contributed by atoms with Gasteiger partial charge in [0.25, 0.3) is 5.91 Å². The molecule has 0 atom stereocenters. The van der Waals surface area contributed by atoms with Crippen molar-refractivity contribution in [1.82, 2.24) is 10.1 Å². The van der Waals surface area contributed by atoms with Crippen LogP contribution in [0.5, 0.6) is 11.5 Å². The Morgan fingerprint density at radius 2 is 1.80 bits per heavy atom. The molecule has 0 unspecified atom stereocenters. The fourth-order valence-corrected chi connectivity index (χ4v) is 3.04. The summed E-state index contributed by atoms with van der Waals surface area (Å²) in [7, 11) is 4.79. The molecule has 0 saturated heterocycles. The van der Waals surface area contributed by atoms with Crippen LogP contribution in [-0.4, -0.2) is 50.4 Å². The van der Waals surface area contributed by atoms with Crippen LogP contribution in [0.3, 0.4) is 0 Å². The van der Waals surface area contributed by atoms with E-state index in [0.29, 0.717) is 48.2 Å². The highest BCUT2D eigenvalue weighted by atomic mass is 16.5. The number of hydrogen-bond donors (Lipinski definition) is 0. The maximum Gasteiger partial charge on any atom is 0.254 e. The molecule has 0 fully saturated rings. The van der Waals surface area contributed by atoms with Crippen LogP contribution >= 0.6 is 0 Å². The van der Waals surface area contributed by atoms with E-state index < -0.39 is 0 Å². The molecule has 158 valence electrons. The van der Waals surface area contributed by atoms with Crippen molar-refractivity contribution in [1.29, 1.82) is 0 Å². The molecule has 0 radical (unpaired) electrons. The Balaban J connectivity index is 1.82. The Bertz CT molecular complexity index is 982. The number of rotatable bonds is 9. The van der Waals surface area contributed by atoms with Crippen LogP contribution in [0, 0.1) is 6.92 Å². The summed E-state index contributed by atoms with van der Waals surface area (Å²) in [5, 5.41) is 4.15. The molecule has 0 saturated carbocycles. The van der Waals surface area contributed by atoms with E-state index in [1.54, 1.807) is 32.3 Å². The van der Waals surface area contributed by atoms with Gasteiger partial charge in [-0.3, -0.25) is 4.79 Å². The van der Waals surface area contributed by atoms with E-state index in [-0.39, 0.29) is 5.91 Å². The molecule has 1 amide bonds. The van der Waals surface area contributed by atoms with Crippen LogP contribution in [0.15, 0.2) is 53.1 Å². The van der Waals surface area contributed by atoms with E-state index in [1.165, 1.54) is 0 Å². The van der Waals surface area contributed by atoms with E-state index in [2.05, 4.69) is 5.16 Å². The van der Waals surface area contributed by atoms with E-state index in [9.17, 15) is 4.79 Å². The largest absolute Gasteiger partial charge is 0.497 e. The normalized spacial score (nSPS) is 10.7. The van der Waals surface area contributed by atoms with Gasteiger partial charge in [0, 0.05) is 31.4 Å². The summed E-state index contributed by atoms with van der Waals surface area (Å²) >= 11 is 0. The molecule has 0 aliphatic heterocycles. The zero-order valence-corrected chi connectivity index (χ0v) is 17.7. The first-order valence-electron chi connectivity index (χ1n) is 9.58. The average Bonchev–Trinajstić information content (AvgIpc) is 3.24. The van der Waals surface area contributed by atoms with Crippen molar-refractivity contribution in [3.05, 3.63) is 65.4 Å². The third-order valence-corrected chi connectivity index (χ3v) is 4.74. The molecule has 1 heterocycles. The molecule has 0 bridgehead atoms. The number of aromatic nitrogens is 1. The molecule has 0 N–H and O–H groups in total. The average molecular weight is 410 g/mol. The predicted molar refractivity (Wildman–Crippen MR) is 113 cm³/mol. The van der Waals surface area contributed by atoms with Gasteiger partial charge in [-0.05, 0) is 31.2 Å². The first-order chi connectivity index (χ1) is 14.5. The molecule has 3 aromatic rings. The molecule has 7 nitrogen and oxygen atoms in total. The second kappa shape index (κ2) is 9.93. The fraction of sp³-hybridized carbons (Fsp3) is 0.304. The minimum Gasteiger partial charge on any atom is -0.497 e. The van der Waals surface area contributed by atoms with Crippen molar-refractivity contribution in [2.45, 2.75) is 13.5 Å². The number of nitrogens with zero attached hydrogens (tertiary/aromatic N) is 2. The lowest BCUT2D eigenvalue weighted by Gasteiger charge is -2.21. The SMILES string of the molecule is COCCN(Cc1cc(-c2ccc(OC)cc2OC)on1)C(=O)c1ccc(C)cc1. The van der Waals surface area contributed by atoms with E-state index in [1.807, 2.05) is 49.4 Å². The second-order valence-corrected chi connectivity index (χ2v) is 6.83. The second-order valence-electron chi connectivity index (χ2n) is 6.83. The van der Waals surface area contributed by atoms with Gasteiger partial charge in [-0.1, -0.05) is 22.9 Å². The first kappa shape index (κ1) is 21.4. The lowest BCUT2D eigenvalue weighted by molar-refractivity contribution is 0.0676. The highest BCUT2D eigenvalue weighted by Gasteiger charge is 2.19. The molecule has 7 heteroatoms. The van der Waals surface area contributed by atoms with Gasteiger partial charge in [0.15, 0.2) is 5.76 Å². The zero-order valence-electron chi connectivity index (χ0n) is 17.7. The van der Waals surface area contributed by atoms with Crippen LogP contribution in [0.1, 0.15) is 21.6 Å². The van der Waals surface area contributed by atoms with Crippen molar-refractivity contribution >= 4 is 5.91 Å². The molecule has 30 heavy (non-hydrogen) atoms. The van der Waals surface area contributed by atoms with Crippen LogP contribution in [0.2, 0.25) is 0 Å². The van der Waals surface area contributed by atoms with Crippen LogP contribution < -0.4 is 9.47 Å². The van der Waals surface area contributed by atoms with E-state index in [0.717, 1.165) is 11.1 Å². The van der Waals surface area contributed by atoms with E-state index in [4.69, 9.17) is 18.7 Å². The number of ether oxygens (including phenoxy) is 3. The van der Waals surface area contributed by atoms with Gasteiger partial charge in [-0.2, -0.15) is 0 Å². The Labute approximate surface area is 176 Å². The van der Waals surface area contributed by atoms with E-state index >= 15 is 0 Å². The summed E-state index contributed by atoms with van der Waals surface area (Å²) < 4.78 is 21.4. The van der Waals surface area contributed by atoms with Gasteiger partial charge in [0.2, 0.25) is 0 Å². The van der Waals surface area contributed by atoms with Gasteiger partial charge < -0.3 is 23.6 Å². The van der Waals surface area contributed by atoms with Crippen LogP contribution in [-0.2, 0) is 11.3 Å². The Morgan fingerprint density at radius 1 is 1.03 bits per heavy atom. The zero-order chi connectivity index (χ0) is 21.5. The number of aryl methyl sites for hydroxylation is 1. The summed E-state index contributed by atoms with van der Waals surface area (Å²) in [4.78, 5) is 14.7. The topological polar surface area (TPSA) is 74.0 Å². The molecular weight excluding hydrogens is 384 g/mol. The van der Waals surface area contributed by atoms with Crippen molar-refractivity contribution in [3.63, 3.8) is 0 Å². The predicted octanol–water partition coefficient (Wildman–Crippen LogP) is 3.96. The molecule has 2 aromatic carbocycles. The summed E-state index contributed by atoms with van der Waals surface area (Å²) in [5.41, 5.74) is 3.12. The molecule has 3 rings (SSSR count). The maximum absolute atomic E-state index is 13.0. The lowest BCUT2D eigenvalue weighted by Crippen LogP contribution is -2.33. The van der Waals surface area contributed by atoms with Gasteiger partial charge in [-0.15, -0.1) is 0 Å². The third-order valence-electron chi connectivity index (χ3n) is 4.74. The van der Waals surface area contributed by atoms with Crippen molar-refractivity contribution < 1.29 is 23.5 Å². The number of methoxy groups -OCH3 is 3. The first-order valence-corrected chi connectivity index (χ1v) is 9.58. The van der Waals surface area contributed by atoms with Gasteiger partial charge >= 0.3 is 0 Å².